The van der Waals surface area contributed by atoms with Crippen molar-refractivity contribution in [2.45, 2.75) is 75.5 Å². The van der Waals surface area contributed by atoms with Crippen LogP contribution in [-0.4, -0.2) is 101 Å². The number of aromatic nitrogens is 3. The van der Waals surface area contributed by atoms with Gasteiger partial charge in [-0.1, -0.05) is 44.9 Å². The van der Waals surface area contributed by atoms with Crippen LogP contribution in [0.2, 0.25) is 0 Å². The van der Waals surface area contributed by atoms with E-state index in [0.717, 1.165) is 55.4 Å². The fourth-order valence-corrected chi connectivity index (χ4v) is 7.34. The molecule has 0 aromatic carbocycles. The average molecular weight is 577 g/mol. The molecular formula is C28H42F2N8O3. The first kappa shape index (κ1) is 29.4. The first-order valence-corrected chi connectivity index (χ1v) is 14.9. The molecule has 1 aliphatic carbocycles. The fourth-order valence-electron chi connectivity index (χ4n) is 7.34. The Morgan fingerprint density at radius 2 is 1.73 bits per heavy atom. The minimum Gasteiger partial charge on any atom is -0.453 e. The number of piperidine rings is 1. The Morgan fingerprint density at radius 1 is 1.07 bits per heavy atom. The summed E-state index contributed by atoms with van der Waals surface area (Å²) in [5.41, 5.74) is 5.31. The number of hydrogen-bond donors (Lipinski definition) is 3. The van der Waals surface area contributed by atoms with Gasteiger partial charge in [-0.25, -0.2) is 23.1 Å². The van der Waals surface area contributed by atoms with Gasteiger partial charge in [0.15, 0.2) is 17.3 Å². The summed E-state index contributed by atoms with van der Waals surface area (Å²) >= 11 is 0. The normalized spacial score (nSPS) is 27.4. The molecule has 4 heterocycles. The van der Waals surface area contributed by atoms with E-state index < -0.39 is 35.6 Å². The highest BCUT2D eigenvalue weighted by Gasteiger charge is 2.57. The van der Waals surface area contributed by atoms with E-state index in [0.29, 0.717) is 32.7 Å². The van der Waals surface area contributed by atoms with Crippen molar-refractivity contribution < 1.29 is 23.1 Å². The zero-order valence-corrected chi connectivity index (χ0v) is 23.8. The Kier molecular flexibility index (Phi) is 9.22. The summed E-state index contributed by atoms with van der Waals surface area (Å²) < 4.78 is 36.6. The number of fused-ring (bicyclic) bond motifs is 1. The van der Waals surface area contributed by atoms with Crippen LogP contribution in [0, 0.1) is 11.7 Å². The molecular weight excluding hydrogens is 534 g/mol. The van der Waals surface area contributed by atoms with Crippen molar-refractivity contribution in [3.8, 4) is 0 Å². The topological polar surface area (TPSA) is 130 Å². The molecule has 3 aliphatic rings. The van der Waals surface area contributed by atoms with Gasteiger partial charge >= 0.3 is 6.09 Å². The molecule has 0 radical (unpaired) electrons. The standard InChI is InChI=1S/C28H42F2N8O3/c1-41-27(40)36-11-13-37(14-12-36)28(19-9-7-5-3-2-4-6-8-10-19)21(30)16-32-17-22(28)34-26(39)23-24(31)35-38-18-20(29)15-33-25(23)38/h15,18-19,21-22,32H,2-14,16-17H2,1H3,(H2,31,35)(H,34,39). The lowest BCUT2D eigenvalue weighted by molar-refractivity contribution is -0.0932. The lowest BCUT2D eigenvalue weighted by atomic mass is 9.66. The van der Waals surface area contributed by atoms with Gasteiger partial charge in [0, 0.05) is 39.3 Å². The molecule has 3 unspecified atom stereocenters. The predicted octanol–water partition coefficient (Wildman–Crippen LogP) is 2.75. The maximum absolute atomic E-state index is 16.8. The Labute approximate surface area is 239 Å². The second kappa shape index (κ2) is 12.8. The molecule has 41 heavy (non-hydrogen) atoms. The number of nitrogens with two attached hydrogens (primary N) is 1. The molecule has 2 amide bonds. The Morgan fingerprint density at radius 3 is 2.39 bits per heavy atom. The number of alkyl halides is 1. The maximum atomic E-state index is 16.8. The number of halogens is 2. The fraction of sp³-hybridized carbons (Fsp3) is 0.714. The summed E-state index contributed by atoms with van der Waals surface area (Å²) in [6, 6.07) is -0.592. The molecule has 2 aromatic rings. The van der Waals surface area contributed by atoms with Crippen LogP contribution < -0.4 is 16.4 Å². The summed E-state index contributed by atoms with van der Waals surface area (Å²) in [6.45, 7) is 2.33. The highest BCUT2D eigenvalue weighted by atomic mass is 19.1. The van der Waals surface area contributed by atoms with E-state index in [9.17, 15) is 14.0 Å². The van der Waals surface area contributed by atoms with Gasteiger partial charge in [-0.15, -0.1) is 5.10 Å². The van der Waals surface area contributed by atoms with Crippen LogP contribution in [0.3, 0.4) is 0 Å². The van der Waals surface area contributed by atoms with Crippen molar-refractivity contribution in [1.29, 1.82) is 0 Å². The van der Waals surface area contributed by atoms with E-state index >= 15 is 4.39 Å². The van der Waals surface area contributed by atoms with Gasteiger partial charge < -0.3 is 26.0 Å². The number of nitrogen functional groups attached to an aromatic ring is 1. The van der Waals surface area contributed by atoms with Gasteiger partial charge in [0.25, 0.3) is 5.91 Å². The number of ether oxygens (including phenoxy) is 1. The van der Waals surface area contributed by atoms with Crippen LogP contribution in [0.5, 0.6) is 0 Å². The van der Waals surface area contributed by atoms with Crippen molar-refractivity contribution >= 4 is 23.5 Å². The molecule has 2 aromatic heterocycles. The molecule has 2 saturated heterocycles. The number of amides is 2. The third-order valence-corrected chi connectivity index (χ3v) is 9.25. The third-order valence-electron chi connectivity index (χ3n) is 9.25. The van der Waals surface area contributed by atoms with E-state index in [1.165, 1.54) is 26.4 Å². The Hall–Kier alpha value is -3.06. The zero-order chi connectivity index (χ0) is 29.0. The Bertz CT molecular complexity index is 1210. The summed E-state index contributed by atoms with van der Waals surface area (Å²) in [6.07, 6.45) is 10.0. The predicted molar refractivity (Wildman–Crippen MR) is 150 cm³/mol. The number of methoxy groups -OCH3 is 1. The van der Waals surface area contributed by atoms with Crippen LogP contribution in [0.1, 0.15) is 68.1 Å². The number of nitrogens with zero attached hydrogens (tertiary/aromatic N) is 5. The van der Waals surface area contributed by atoms with E-state index in [2.05, 4.69) is 25.6 Å². The molecule has 2 aliphatic heterocycles. The molecule has 226 valence electrons. The van der Waals surface area contributed by atoms with Crippen molar-refractivity contribution in [1.82, 2.24) is 35.0 Å². The number of piperazine rings is 1. The van der Waals surface area contributed by atoms with Gasteiger partial charge in [0.1, 0.15) is 11.7 Å². The average Bonchev–Trinajstić information content (AvgIpc) is 3.30. The second-order valence-electron chi connectivity index (χ2n) is 11.5. The molecule has 0 spiro atoms. The monoisotopic (exact) mass is 576 g/mol. The van der Waals surface area contributed by atoms with E-state index in [4.69, 9.17) is 10.5 Å². The SMILES string of the molecule is COC(=O)N1CCN(C2(C3CCCCCCCCC3)C(F)CNCC2NC(=O)c2c(N)nn3cc(F)cnc23)CC1. The van der Waals surface area contributed by atoms with Crippen LogP contribution >= 0.6 is 0 Å². The largest absolute Gasteiger partial charge is 0.453 e. The summed E-state index contributed by atoms with van der Waals surface area (Å²) in [4.78, 5) is 34.0. The lowest BCUT2D eigenvalue weighted by Gasteiger charge is -2.58. The molecule has 3 fully saturated rings. The molecule has 1 saturated carbocycles. The lowest BCUT2D eigenvalue weighted by Crippen LogP contribution is -2.78. The number of carbonyl (C=O) groups is 2. The third kappa shape index (κ3) is 5.83. The Balaban J connectivity index is 1.51. The van der Waals surface area contributed by atoms with Crippen molar-refractivity contribution in [3.05, 3.63) is 23.8 Å². The van der Waals surface area contributed by atoms with Crippen molar-refractivity contribution in [3.63, 3.8) is 0 Å². The molecule has 11 nitrogen and oxygen atoms in total. The first-order chi connectivity index (χ1) is 19.9. The van der Waals surface area contributed by atoms with Crippen LogP contribution in [0.25, 0.3) is 5.65 Å². The number of nitrogens with one attached hydrogen (secondary N) is 2. The zero-order valence-electron chi connectivity index (χ0n) is 23.8. The number of hydrogen-bond acceptors (Lipinski definition) is 8. The van der Waals surface area contributed by atoms with E-state index in [-0.39, 0.29) is 29.5 Å². The van der Waals surface area contributed by atoms with E-state index in [1.54, 1.807) is 4.90 Å². The van der Waals surface area contributed by atoms with Gasteiger partial charge in [0.2, 0.25) is 0 Å². The van der Waals surface area contributed by atoms with Crippen LogP contribution in [0.4, 0.5) is 19.4 Å². The summed E-state index contributed by atoms with van der Waals surface area (Å²) in [5, 5.41) is 10.4. The summed E-state index contributed by atoms with van der Waals surface area (Å²) in [7, 11) is 1.36. The van der Waals surface area contributed by atoms with E-state index in [1.807, 2.05) is 0 Å². The van der Waals surface area contributed by atoms with Gasteiger partial charge in [-0.3, -0.25) is 9.69 Å². The second-order valence-corrected chi connectivity index (χ2v) is 11.5. The molecule has 13 heteroatoms. The van der Waals surface area contributed by atoms with Gasteiger partial charge in [0.05, 0.1) is 31.1 Å². The molecule has 0 bridgehead atoms. The smallest absolute Gasteiger partial charge is 0.409 e. The maximum Gasteiger partial charge on any atom is 0.409 e. The summed E-state index contributed by atoms with van der Waals surface area (Å²) in [5.74, 6) is -1.20. The minimum atomic E-state index is -1.26. The minimum absolute atomic E-state index is 0.00107. The van der Waals surface area contributed by atoms with Crippen LogP contribution in [0.15, 0.2) is 12.4 Å². The highest BCUT2D eigenvalue weighted by Crippen LogP contribution is 2.43. The first-order valence-electron chi connectivity index (χ1n) is 14.9. The molecule has 3 atom stereocenters. The van der Waals surface area contributed by atoms with Gasteiger partial charge in [-0.05, 0) is 18.8 Å². The van der Waals surface area contributed by atoms with Crippen LogP contribution in [-0.2, 0) is 4.74 Å². The quantitative estimate of drug-likeness (QED) is 0.507. The number of rotatable bonds is 4. The van der Waals surface area contributed by atoms with Crippen molar-refractivity contribution in [2.75, 3.05) is 52.1 Å². The highest BCUT2D eigenvalue weighted by molar-refractivity contribution is 6.04. The van der Waals surface area contributed by atoms with Gasteiger partial charge in [-0.2, -0.15) is 0 Å². The van der Waals surface area contributed by atoms with Crippen molar-refractivity contribution in [2.24, 2.45) is 5.92 Å². The molecule has 4 N–H and O–H groups in total. The molecule has 5 rings (SSSR count). The number of anilines is 1. The number of carbonyl (C=O) groups excluding carboxylic acids is 2.